The van der Waals surface area contributed by atoms with Crippen LogP contribution >= 0.6 is 0 Å². The first-order valence-electron chi connectivity index (χ1n) is 7.53. The molecule has 0 bridgehead atoms. The molecule has 0 saturated carbocycles. The number of esters is 1. The van der Waals surface area contributed by atoms with Crippen molar-refractivity contribution < 1.29 is 93.6 Å². The summed E-state index contributed by atoms with van der Waals surface area (Å²) >= 11 is 0. The molecule has 0 aromatic rings. The molecular weight excluding hydrogens is 543 g/mol. The summed E-state index contributed by atoms with van der Waals surface area (Å²) in [6.07, 6.45) is -40.5. The fourth-order valence-corrected chi connectivity index (χ4v) is 1.55. The van der Waals surface area contributed by atoms with Crippen LogP contribution in [0.15, 0.2) is 12.7 Å². The first kappa shape index (κ1) is 31.9. The van der Waals surface area contributed by atoms with E-state index in [-0.39, 0.29) is 6.08 Å². The first-order chi connectivity index (χ1) is 14.6. The lowest BCUT2D eigenvalue weighted by Gasteiger charge is -2.40. The van der Waals surface area contributed by atoms with Crippen LogP contribution in [-0.4, -0.2) is 61.0 Å². The summed E-state index contributed by atoms with van der Waals surface area (Å²) in [7, 11) is 0. The van der Waals surface area contributed by atoms with Gasteiger partial charge in [-0.05, 0) is 0 Å². The van der Waals surface area contributed by atoms with Crippen LogP contribution in [0.25, 0.3) is 0 Å². The molecule has 0 aliphatic heterocycles. The topological polar surface area (TPSA) is 44.8 Å². The van der Waals surface area contributed by atoms with Gasteiger partial charge in [-0.25, -0.2) is 9.18 Å². The van der Waals surface area contributed by atoms with Crippen molar-refractivity contribution >= 4 is 5.97 Å². The number of halogens is 17. The van der Waals surface area contributed by atoms with Gasteiger partial charge in [0.05, 0.1) is 13.0 Å². The number of carbonyl (C=O) groups is 1. The van der Waals surface area contributed by atoms with E-state index in [1.807, 2.05) is 4.74 Å². The van der Waals surface area contributed by atoms with Crippen LogP contribution in [0, 0.1) is 0 Å². The van der Waals surface area contributed by atoms with Gasteiger partial charge in [-0.1, -0.05) is 6.58 Å². The van der Waals surface area contributed by atoms with Gasteiger partial charge in [0.1, 0.15) is 0 Å². The van der Waals surface area contributed by atoms with Crippen molar-refractivity contribution in [2.24, 2.45) is 0 Å². The van der Waals surface area contributed by atoms with Crippen molar-refractivity contribution in [2.45, 2.75) is 54.8 Å². The Kier molecular flexibility index (Phi) is 8.63. The van der Waals surface area contributed by atoms with Crippen LogP contribution in [-0.2, 0) is 19.0 Å². The van der Waals surface area contributed by atoms with Gasteiger partial charge in [0.2, 0.25) is 0 Å². The molecule has 0 amide bonds. The Morgan fingerprint density at radius 1 is 0.647 bits per heavy atom. The fraction of sp³-hybridized carbons (Fsp3) is 0.769. The lowest BCUT2D eigenvalue weighted by Crippen LogP contribution is -2.67. The van der Waals surface area contributed by atoms with E-state index in [1.165, 1.54) is 4.74 Å². The Labute approximate surface area is 175 Å². The Hall–Kier alpha value is -2.06. The highest BCUT2D eigenvalue weighted by Gasteiger charge is 2.85. The second-order valence-corrected chi connectivity index (χ2v) is 5.75. The Morgan fingerprint density at radius 2 is 1.09 bits per heavy atom. The van der Waals surface area contributed by atoms with Crippen molar-refractivity contribution in [3.8, 4) is 0 Å². The highest BCUT2D eigenvalue weighted by atomic mass is 19.4. The molecule has 0 saturated heterocycles. The minimum atomic E-state index is -7.95. The van der Waals surface area contributed by atoms with E-state index < -0.39 is 67.4 Å². The number of rotatable bonds is 10. The third-order valence-corrected chi connectivity index (χ3v) is 3.28. The van der Waals surface area contributed by atoms with Crippen LogP contribution in [0.3, 0.4) is 0 Å². The molecule has 34 heavy (non-hydrogen) atoms. The molecule has 2 atom stereocenters. The number of hydrogen-bond acceptors (Lipinski definition) is 4. The highest BCUT2D eigenvalue weighted by Crippen LogP contribution is 2.56. The van der Waals surface area contributed by atoms with Crippen molar-refractivity contribution in [2.75, 3.05) is 6.61 Å². The highest BCUT2D eigenvalue weighted by molar-refractivity contribution is 5.81. The van der Waals surface area contributed by atoms with Gasteiger partial charge in [-0.15, -0.1) is 0 Å². The van der Waals surface area contributed by atoms with E-state index in [4.69, 9.17) is 0 Å². The summed E-state index contributed by atoms with van der Waals surface area (Å²) in [5.74, 6) is -23.7. The largest absolute Gasteiger partial charge is 0.462 e. The zero-order valence-corrected chi connectivity index (χ0v) is 15.3. The van der Waals surface area contributed by atoms with Gasteiger partial charge in [0.15, 0.2) is 0 Å². The average Bonchev–Trinajstić information content (AvgIpc) is 2.57. The SMILES string of the molecule is C=CC(=O)OCCC(F)(OC(F)(F)C(F)(OC(F)(F)C(F)(F)C(F)(F)F)C(F)(F)F)C(F)(F)F. The lowest BCUT2D eigenvalue weighted by atomic mass is 10.2. The molecule has 2 unspecified atom stereocenters. The quantitative estimate of drug-likeness (QED) is 0.191. The summed E-state index contributed by atoms with van der Waals surface area (Å²) in [5, 5.41) is 0. The van der Waals surface area contributed by atoms with Gasteiger partial charge in [-0.3, -0.25) is 9.47 Å². The zero-order valence-electron chi connectivity index (χ0n) is 15.3. The Morgan fingerprint density at radius 3 is 1.41 bits per heavy atom. The van der Waals surface area contributed by atoms with Gasteiger partial charge in [0.25, 0.3) is 0 Å². The normalized spacial score (nSPS) is 18.1. The number of ether oxygens (including phenoxy) is 3. The van der Waals surface area contributed by atoms with Crippen LogP contribution in [0.1, 0.15) is 6.42 Å². The fourth-order valence-electron chi connectivity index (χ4n) is 1.55. The lowest BCUT2D eigenvalue weighted by molar-refractivity contribution is -0.552. The minimum absolute atomic E-state index is 0.190. The minimum Gasteiger partial charge on any atom is -0.462 e. The molecule has 21 heteroatoms. The van der Waals surface area contributed by atoms with Crippen molar-refractivity contribution in [3.05, 3.63) is 12.7 Å². The maximum Gasteiger partial charge on any atom is 0.462 e. The maximum absolute atomic E-state index is 14.0. The summed E-state index contributed by atoms with van der Waals surface area (Å²) in [4.78, 5) is 10.6. The van der Waals surface area contributed by atoms with Crippen LogP contribution in [0.2, 0.25) is 0 Å². The third-order valence-electron chi connectivity index (χ3n) is 3.28. The van der Waals surface area contributed by atoms with E-state index in [2.05, 4.69) is 11.3 Å². The molecule has 0 rings (SSSR count). The van der Waals surface area contributed by atoms with Crippen molar-refractivity contribution in [3.63, 3.8) is 0 Å². The molecule has 0 aliphatic rings. The van der Waals surface area contributed by atoms with E-state index in [1.54, 1.807) is 0 Å². The molecule has 0 spiro atoms. The summed E-state index contributed by atoms with van der Waals surface area (Å²) in [5.41, 5.74) is 0. The van der Waals surface area contributed by atoms with Gasteiger partial charge in [-0.2, -0.15) is 70.2 Å². The zero-order chi connectivity index (χ0) is 27.8. The Bertz CT molecular complexity index is 739. The van der Waals surface area contributed by atoms with E-state index in [0.717, 1.165) is 0 Å². The molecule has 0 fully saturated rings. The summed E-state index contributed by atoms with van der Waals surface area (Å²) < 4.78 is 226. The predicted octanol–water partition coefficient (Wildman–Crippen LogP) is 5.98. The average molecular weight is 550 g/mol. The molecule has 202 valence electrons. The molecule has 0 aliphatic carbocycles. The molecule has 0 N–H and O–H groups in total. The third kappa shape index (κ3) is 6.13. The van der Waals surface area contributed by atoms with E-state index in [9.17, 15) is 79.4 Å². The molecule has 0 heterocycles. The Balaban J connectivity index is 6.47. The predicted molar refractivity (Wildman–Crippen MR) is 68.6 cm³/mol. The van der Waals surface area contributed by atoms with Gasteiger partial charge < -0.3 is 4.74 Å². The van der Waals surface area contributed by atoms with E-state index >= 15 is 0 Å². The first-order valence-corrected chi connectivity index (χ1v) is 7.53. The second kappa shape index (κ2) is 9.19. The molecule has 0 aromatic carbocycles. The summed E-state index contributed by atoms with van der Waals surface area (Å²) in [6.45, 7) is 0.688. The molecular formula is C13H7F17O4. The number of hydrogen-bond donors (Lipinski definition) is 0. The molecule has 0 aromatic heterocycles. The maximum atomic E-state index is 14.0. The van der Waals surface area contributed by atoms with Crippen LogP contribution in [0.4, 0.5) is 74.6 Å². The summed E-state index contributed by atoms with van der Waals surface area (Å²) in [6, 6.07) is 0. The van der Waals surface area contributed by atoms with Crippen molar-refractivity contribution in [1.82, 2.24) is 0 Å². The standard InChI is InChI=1S/C13H7F17O4/c1-2-5(31)32-4-3-6(14,9(18,19)20)33-13(29,30)8(17,11(24,25)26)34-12(27,28)7(15,16)10(21,22)23/h2H,1,3-4H2. The van der Waals surface area contributed by atoms with Crippen LogP contribution < -0.4 is 0 Å². The monoisotopic (exact) mass is 550 g/mol. The van der Waals surface area contributed by atoms with Gasteiger partial charge >= 0.3 is 54.3 Å². The smallest absolute Gasteiger partial charge is 0.462 e. The molecule has 4 nitrogen and oxygen atoms in total. The van der Waals surface area contributed by atoms with Crippen LogP contribution in [0.5, 0.6) is 0 Å². The van der Waals surface area contributed by atoms with Gasteiger partial charge in [0, 0.05) is 6.08 Å². The van der Waals surface area contributed by atoms with Crippen molar-refractivity contribution in [1.29, 1.82) is 0 Å². The van der Waals surface area contributed by atoms with E-state index in [0.29, 0.717) is 0 Å². The number of carbonyl (C=O) groups excluding carboxylic acids is 1. The number of alkyl halides is 17. The molecule has 0 radical (unpaired) electrons. The second-order valence-electron chi connectivity index (χ2n) is 5.75.